The van der Waals surface area contributed by atoms with Crippen molar-refractivity contribution in [1.82, 2.24) is 0 Å². The van der Waals surface area contributed by atoms with E-state index in [4.69, 9.17) is 4.74 Å². The van der Waals surface area contributed by atoms with Crippen molar-refractivity contribution in [2.45, 2.75) is 32.5 Å². The highest BCUT2D eigenvalue weighted by molar-refractivity contribution is 5.29. The first-order chi connectivity index (χ1) is 9.24. The van der Waals surface area contributed by atoms with Crippen LogP contribution in [0.5, 0.6) is 5.75 Å². The number of aliphatic hydroxyl groups excluding tert-OH is 1. The number of ether oxygens (including phenoxy) is 1. The highest BCUT2D eigenvalue weighted by Crippen LogP contribution is 2.16. The first kappa shape index (κ1) is 13.6. The van der Waals surface area contributed by atoms with Crippen LogP contribution in [0.4, 0.5) is 0 Å². The molecule has 0 spiro atoms. The van der Waals surface area contributed by atoms with Crippen molar-refractivity contribution in [3.63, 3.8) is 0 Å². The molecule has 0 radical (unpaired) electrons. The van der Waals surface area contributed by atoms with Gasteiger partial charge in [-0.05, 0) is 43.0 Å². The summed E-state index contributed by atoms with van der Waals surface area (Å²) in [5, 5.41) is 9.30. The Morgan fingerprint density at radius 2 is 1.74 bits per heavy atom. The predicted molar refractivity (Wildman–Crippen MR) is 77.2 cm³/mol. The maximum atomic E-state index is 9.30. The first-order valence-electron chi connectivity index (χ1n) is 6.68. The topological polar surface area (TPSA) is 29.5 Å². The Bertz CT molecular complexity index is 492. The second-order valence-corrected chi connectivity index (χ2v) is 4.81. The van der Waals surface area contributed by atoms with E-state index in [9.17, 15) is 5.11 Å². The summed E-state index contributed by atoms with van der Waals surface area (Å²) in [6.07, 6.45) is 1.40. The van der Waals surface area contributed by atoms with Gasteiger partial charge in [-0.1, -0.05) is 42.5 Å². The van der Waals surface area contributed by atoms with Gasteiger partial charge in [0, 0.05) is 0 Å². The molecule has 2 aromatic carbocycles. The maximum absolute atomic E-state index is 9.30. The van der Waals surface area contributed by atoms with Crippen LogP contribution < -0.4 is 4.74 Å². The van der Waals surface area contributed by atoms with E-state index in [0.717, 1.165) is 24.2 Å². The van der Waals surface area contributed by atoms with Crippen molar-refractivity contribution in [3.8, 4) is 5.75 Å². The Labute approximate surface area is 114 Å². The summed E-state index contributed by atoms with van der Waals surface area (Å²) in [6.45, 7) is 2.40. The van der Waals surface area contributed by atoms with Crippen LogP contribution >= 0.6 is 0 Å². The average molecular weight is 256 g/mol. The van der Waals surface area contributed by atoms with Crippen molar-refractivity contribution in [3.05, 3.63) is 65.7 Å². The number of benzene rings is 2. The number of aryl methyl sites for hydroxylation is 1. The van der Waals surface area contributed by atoms with E-state index in [1.54, 1.807) is 0 Å². The molecule has 19 heavy (non-hydrogen) atoms. The minimum Gasteiger partial charge on any atom is -0.489 e. The minimum atomic E-state index is -0.256. The summed E-state index contributed by atoms with van der Waals surface area (Å²) in [4.78, 5) is 0. The third-order valence-electron chi connectivity index (χ3n) is 3.00. The second kappa shape index (κ2) is 6.95. The van der Waals surface area contributed by atoms with Gasteiger partial charge in [0.15, 0.2) is 0 Å². The van der Waals surface area contributed by atoms with E-state index in [0.29, 0.717) is 6.61 Å². The fourth-order valence-corrected chi connectivity index (χ4v) is 1.91. The quantitative estimate of drug-likeness (QED) is 0.856. The van der Waals surface area contributed by atoms with Crippen molar-refractivity contribution >= 4 is 0 Å². The third kappa shape index (κ3) is 4.76. The molecule has 0 heterocycles. The molecule has 0 aliphatic rings. The monoisotopic (exact) mass is 256 g/mol. The smallest absolute Gasteiger partial charge is 0.120 e. The molecule has 2 rings (SSSR count). The van der Waals surface area contributed by atoms with Gasteiger partial charge in [-0.25, -0.2) is 0 Å². The number of hydrogen-bond acceptors (Lipinski definition) is 2. The molecule has 1 N–H and O–H groups in total. The second-order valence-electron chi connectivity index (χ2n) is 4.81. The lowest BCUT2D eigenvalue weighted by Gasteiger charge is -2.09. The molecule has 0 amide bonds. The van der Waals surface area contributed by atoms with Crippen LogP contribution in [-0.2, 0) is 13.0 Å². The lowest BCUT2D eigenvalue weighted by molar-refractivity contribution is 0.185. The van der Waals surface area contributed by atoms with Crippen LogP contribution in [-0.4, -0.2) is 11.2 Å². The molecular weight excluding hydrogens is 236 g/mol. The van der Waals surface area contributed by atoms with Crippen LogP contribution in [0.15, 0.2) is 54.6 Å². The van der Waals surface area contributed by atoms with E-state index in [1.165, 1.54) is 5.56 Å². The Morgan fingerprint density at radius 1 is 1.00 bits per heavy atom. The zero-order valence-corrected chi connectivity index (χ0v) is 11.3. The molecule has 0 fully saturated rings. The van der Waals surface area contributed by atoms with Gasteiger partial charge in [-0.2, -0.15) is 0 Å². The first-order valence-corrected chi connectivity index (χ1v) is 6.68. The number of aliphatic hydroxyl groups is 1. The molecule has 2 nitrogen and oxygen atoms in total. The summed E-state index contributed by atoms with van der Waals surface area (Å²) in [5.41, 5.74) is 2.36. The predicted octanol–water partition coefficient (Wildman–Crippen LogP) is 3.58. The van der Waals surface area contributed by atoms with Crippen LogP contribution in [0, 0.1) is 0 Å². The van der Waals surface area contributed by atoms with Gasteiger partial charge in [-0.15, -0.1) is 0 Å². The van der Waals surface area contributed by atoms with Gasteiger partial charge in [0.25, 0.3) is 0 Å². The molecule has 2 heteroatoms. The Kier molecular flexibility index (Phi) is 4.99. The maximum Gasteiger partial charge on any atom is 0.120 e. The summed E-state index contributed by atoms with van der Waals surface area (Å²) in [7, 11) is 0. The molecule has 0 unspecified atom stereocenters. The van der Waals surface area contributed by atoms with Crippen LogP contribution in [0.3, 0.4) is 0 Å². The van der Waals surface area contributed by atoms with Crippen molar-refractivity contribution in [2.24, 2.45) is 0 Å². The summed E-state index contributed by atoms with van der Waals surface area (Å²) >= 11 is 0. The number of hydrogen-bond donors (Lipinski definition) is 1. The normalized spacial score (nSPS) is 12.1. The van der Waals surface area contributed by atoms with Crippen molar-refractivity contribution < 1.29 is 9.84 Å². The summed E-state index contributed by atoms with van der Waals surface area (Å²) in [5.74, 6) is 0.881. The van der Waals surface area contributed by atoms with E-state index in [-0.39, 0.29) is 6.10 Å². The largest absolute Gasteiger partial charge is 0.489 e. The van der Waals surface area contributed by atoms with Gasteiger partial charge in [-0.3, -0.25) is 0 Å². The molecular formula is C17H20O2. The number of rotatable bonds is 6. The molecule has 0 bridgehead atoms. The molecule has 0 aliphatic carbocycles. The van der Waals surface area contributed by atoms with Crippen LogP contribution in [0.2, 0.25) is 0 Å². The van der Waals surface area contributed by atoms with E-state index in [2.05, 4.69) is 18.2 Å². The van der Waals surface area contributed by atoms with E-state index < -0.39 is 0 Å². The molecule has 1 atom stereocenters. The van der Waals surface area contributed by atoms with Gasteiger partial charge < -0.3 is 9.84 Å². The average Bonchev–Trinajstić information content (AvgIpc) is 2.44. The summed E-state index contributed by atoms with van der Waals surface area (Å²) < 4.78 is 5.78. The molecule has 0 aromatic heterocycles. The minimum absolute atomic E-state index is 0.256. The fourth-order valence-electron chi connectivity index (χ4n) is 1.91. The van der Waals surface area contributed by atoms with E-state index >= 15 is 0 Å². The van der Waals surface area contributed by atoms with Gasteiger partial charge in [0.2, 0.25) is 0 Å². The summed E-state index contributed by atoms with van der Waals surface area (Å²) in [6, 6.07) is 18.2. The van der Waals surface area contributed by atoms with Gasteiger partial charge >= 0.3 is 0 Å². The lowest BCUT2D eigenvalue weighted by Crippen LogP contribution is -2.01. The molecule has 0 saturated heterocycles. The zero-order valence-electron chi connectivity index (χ0n) is 11.3. The van der Waals surface area contributed by atoms with Crippen molar-refractivity contribution in [1.29, 1.82) is 0 Å². The van der Waals surface area contributed by atoms with Crippen LogP contribution in [0.25, 0.3) is 0 Å². The molecule has 0 aliphatic heterocycles. The Balaban J connectivity index is 1.91. The Morgan fingerprint density at radius 3 is 2.47 bits per heavy atom. The lowest BCUT2D eigenvalue weighted by atomic mass is 10.1. The SMILES string of the molecule is C[C@@H](O)CCc1cccc(OCc2ccccc2)c1. The van der Waals surface area contributed by atoms with Gasteiger partial charge in [0.05, 0.1) is 6.10 Å². The molecule has 0 saturated carbocycles. The molecule has 100 valence electrons. The van der Waals surface area contributed by atoms with Gasteiger partial charge in [0.1, 0.15) is 12.4 Å². The third-order valence-corrected chi connectivity index (χ3v) is 3.00. The standard InChI is InChI=1S/C17H20O2/c1-14(18)10-11-15-8-5-9-17(12-15)19-13-16-6-3-2-4-7-16/h2-9,12,14,18H,10-11,13H2,1H3/t14-/m1/s1. The highest BCUT2D eigenvalue weighted by atomic mass is 16.5. The van der Waals surface area contributed by atoms with Crippen LogP contribution in [0.1, 0.15) is 24.5 Å². The Hall–Kier alpha value is -1.80. The highest BCUT2D eigenvalue weighted by Gasteiger charge is 2.00. The molecule has 2 aromatic rings. The van der Waals surface area contributed by atoms with E-state index in [1.807, 2.05) is 43.3 Å². The fraction of sp³-hybridized carbons (Fsp3) is 0.294. The van der Waals surface area contributed by atoms with Crippen molar-refractivity contribution in [2.75, 3.05) is 0 Å². The zero-order chi connectivity index (χ0) is 13.5.